The number of benzene rings is 4. The number of amides is 2. The Labute approximate surface area is 272 Å². The quantitative estimate of drug-likeness (QED) is 0.172. The Morgan fingerprint density at radius 3 is 1.52 bits per heavy atom. The maximum absolute atomic E-state index is 13.2. The number of halogens is 2. The van der Waals surface area contributed by atoms with Crippen molar-refractivity contribution in [3.8, 4) is 11.5 Å². The second-order valence-electron chi connectivity index (χ2n) is 10.8. The summed E-state index contributed by atoms with van der Waals surface area (Å²) in [5, 5.41) is 7.64. The summed E-state index contributed by atoms with van der Waals surface area (Å²) >= 11 is 7.06. The molecule has 2 atom stereocenters. The molecular formula is C34H32Br2N2O6. The van der Waals surface area contributed by atoms with E-state index in [1.54, 1.807) is 36.4 Å². The van der Waals surface area contributed by atoms with Gasteiger partial charge in [-0.15, -0.1) is 0 Å². The molecule has 0 aliphatic carbocycles. The summed E-state index contributed by atoms with van der Waals surface area (Å²) in [5.41, 5.74) is 2.23. The van der Waals surface area contributed by atoms with Crippen LogP contribution in [0.1, 0.15) is 46.4 Å². The van der Waals surface area contributed by atoms with Crippen molar-refractivity contribution in [2.24, 2.45) is 0 Å². The van der Waals surface area contributed by atoms with E-state index in [1.165, 1.54) is 0 Å². The first-order valence-electron chi connectivity index (χ1n) is 14.7. The van der Waals surface area contributed by atoms with Crippen LogP contribution in [0.2, 0.25) is 0 Å². The monoisotopic (exact) mass is 722 g/mol. The molecule has 2 fully saturated rings. The molecule has 2 heterocycles. The SMILES string of the molecule is O=C(Nc1cccc2c(NC(=O)c3ccc(OCC4CCCO4)c(Br)c3)cccc12)c1ccc(OCC2CCCO2)c(Br)c1. The molecule has 2 saturated heterocycles. The summed E-state index contributed by atoms with van der Waals surface area (Å²) in [5.74, 6) is 0.806. The summed E-state index contributed by atoms with van der Waals surface area (Å²) < 4.78 is 24.4. The molecule has 0 radical (unpaired) electrons. The van der Waals surface area contributed by atoms with E-state index >= 15 is 0 Å². The third kappa shape index (κ3) is 7.26. The highest BCUT2D eigenvalue weighted by Gasteiger charge is 2.19. The lowest BCUT2D eigenvalue weighted by atomic mass is 10.1. The second kappa shape index (κ2) is 14.1. The molecule has 2 unspecified atom stereocenters. The van der Waals surface area contributed by atoms with Gasteiger partial charge in [0.1, 0.15) is 24.7 Å². The van der Waals surface area contributed by atoms with E-state index < -0.39 is 0 Å². The van der Waals surface area contributed by atoms with Crippen molar-refractivity contribution >= 4 is 65.8 Å². The molecule has 2 aliphatic rings. The number of ether oxygens (including phenoxy) is 4. The normalized spacial score (nSPS) is 17.9. The Morgan fingerprint density at radius 2 is 1.14 bits per heavy atom. The largest absolute Gasteiger partial charge is 0.490 e. The van der Waals surface area contributed by atoms with Gasteiger partial charge in [0.05, 0.1) is 21.2 Å². The van der Waals surface area contributed by atoms with Crippen molar-refractivity contribution in [3.63, 3.8) is 0 Å². The van der Waals surface area contributed by atoms with E-state index in [1.807, 2.05) is 36.4 Å². The average Bonchev–Trinajstić information content (AvgIpc) is 3.75. The summed E-state index contributed by atoms with van der Waals surface area (Å²) in [6.07, 6.45) is 4.30. The summed E-state index contributed by atoms with van der Waals surface area (Å²) in [7, 11) is 0. The molecule has 2 N–H and O–H groups in total. The van der Waals surface area contributed by atoms with E-state index in [0.717, 1.165) is 49.7 Å². The lowest BCUT2D eigenvalue weighted by Crippen LogP contribution is -2.17. The number of rotatable bonds is 10. The minimum atomic E-state index is -0.259. The Bertz CT molecular complexity index is 1540. The molecule has 4 aromatic carbocycles. The van der Waals surface area contributed by atoms with Crippen LogP contribution in [0.25, 0.3) is 10.8 Å². The van der Waals surface area contributed by atoms with E-state index in [-0.39, 0.29) is 24.0 Å². The fraction of sp³-hybridized carbons (Fsp3) is 0.294. The molecular weight excluding hydrogens is 692 g/mol. The summed E-state index contributed by atoms with van der Waals surface area (Å²) in [6, 6.07) is 21.7. The molecule has 0 aromatic heterocycles. The smallest absolute Gasteiger partial charge is 0.255 e. The minimum Gasteiger partial charge on any atom is -0.490 e. The van der Waals surface area contributed by atoms with Gasteiger partial charge in [0.2, 0.25) is 0 Å². The molecule has 10 heteroatoms. The van der Waals surface area contributed by atoms with Gasteiger partial charge in [-0.2, -0.15) is 0 Å². The third-order valence-corrected chi connectivity index (χ3v) is 8.94. The zero-order valence-corrected chi connectivity index (χ0v) is 27.1. The Kier molecular flexibility index (Phi) is 9.81. The lowest BCUT2D eigenvalue weighted by molar-refractivity contribution is 0.0676. The van der Waals surface area contributed by atoms with Gasteiger partial charge in [0, 0.05) is 46.5 Å². The van der Waals surface area contributed by atoms with Crippen LogP contribution in [-0.4, -0.2) is 50.4 Å². The summed E-state index contributed by atoms with van der Waals surface area (Å²) in [6.45, 7) is 2.50. The number of fused-ring (bicyclic) bond motifs is 1. The first-order chi connectivity index (χ1) is 21.4. The van der Waals surface area contributed by atoms with Crippen LogP contribution in [0.3, 0.4) is 0 Å². The zero-order chi connectivity index (χ0) is 30.5. The molecule has 2 amide bonds. The highest BCUT2D eigenvalue weighted by Crippen LogP contribution is 2.32. The predicted octanol–water partition coefficient (Wildman–Crippen LogP) is 7.99. The molecule has 0 saturated carbocycles. The minimum absolute atomic E-state index is 0.106. The molecule has 6 rings (SSSR count). The molecule has 4 aromatic rings. The highest BCUT2D eigenvalue weighted by atomic mass is 79.9. The van der Waals surface area contributed by atoms with Crippen molar-refractivity contribution in [1.82, 2.24) is 0 Å². The van der Waals surface area contributed by atoms with Gasteiger partial charge < -0.3 is 29.6 Å². The van der Waals surface area contributed by atoms with Crippen LogP contribution < -0.4 is 20.1 Å². The van der Waals surface area contributed by atoms with E-state index in [0.29, 0.717) is 56.2 Å². The Morgan fingerprint density at radius 1 is 0.682 bits per heavy atom. The average molecular weight is 724 g/mol. The maximum atomic E-state index is 13.2. The van der Waals surface area contributed by atoms with Gasteiger partial charge in [0.25, 0.3) is 11.8 Å². The van der Waals surface area contributed by atoms with Gasteiger partial charge in [-0.3, -0.25) is 9.59 Å². The van der Waals surface area contributed by atoms with Crippen LogP contribution in [0, 0.1) is 0 Å². The predicted molar refractivity (Wildman–Crippen MR) is 177 cm³/mol. The number of carbonyl (C=O) groups is 2. The number of carbonyl (C=O) groups excluding carboxylic acids is 2. The Hall–Kier alpha value is -3.44. The number of nitrogens with one attached hydrogen (secondary N) is 2. The van der Waals surface area contributed by atoms with Gasteiger partial charge in [-0.05, 0) is 106 Å². The van der Waals surface area contributed by atoms with Gasteiger partial charge in [0.15, 0.2) is 0 Å². The van der Waals surface area contributed by atoms with Crippen LogP contribution in [-0.2, 0) is 9.47 Å². The molecule has 2 aliphatic heterocycles. The van der Waals surface area contributed by atoms with Crippen molar-refractivity contribution in [2.75, 3.05) is 37.1 Å². The van der Waals surface area contributed by atoms with Crippen molar-refractivity contribution in [2.45, 2.75) is 37.9 Å². The number of anilines is 2. The molecule has 8 nitrogen and oxygen atoms in total. The first kappa shape index (κ1) is 30.6. The maximum Gasteiger partial charge on any atom is 0.255 e. The Balaban J connectivity index is 1.12. The van der Waals surface area contributed by atoms with Crippen LogP contribution in [0.5, 0.6) is 11.5 Å². The van der Waals surface area contributed by atoms with E-state index in [2.05, 4.69) is 42.5 Å². The second-order valence-corrected chi connectivity index (χ2v) is 12.5. The lowest BCUT2D eigenvalue weighted by Gasteiger charge is -2.15. The van der Waals surface area contributed by atoms with E-state index in [9.17, 15) is 9.59 Å². The fourth-order valence-corrected chi connectivity index (χ4v) is 6.34. The first-order valence-corrected chi connectivity index (χ1v) is 16.3. The third-order valence-electron chi connectivity index (χ3n) is 7.70. The van der Waals surface area contributed by atoms with Gasteiger partial charge >= 0.3 is 0 Å². The van der Waals surface area contributed by atoms with E-state index in [4.69, 9.17) is 18.9 Å². The molecule has 228 valence electrons. The standard InChI is InChI=1S/C34H32Br2N2O6/c35-27-17-21(11-13-31(27)43-19-23-5-3-15-41-23)33(39)37-29-9-1-7-25-26(29)8-2-10-30(25)38-34(40)22-12-14-32(28(36)18-22)44-20-24-6-4-16-42-24/h1-2,7-14,17-18,23-24H,3-6,15-16,19-20H2,(H,37,39)(H,38,40). The van der Waals surface area contributed by atoms with Crippen LogP contribution in [0.4, 0.5) is 11.4 Å². The highest BCUT2D eigenvalue weighted by molar-refractivity contribution is 9.10. The molecule has 44 heavy (non-hydrogen) atoms. The zero-order valence-electron chi connectivity index (χ0n) is 23.9. The van der Waals surface area contributed by atoms with Crippen molar-refractivity contribution < 1.29 is 28.5 Å². The van der Waals surface area contributed by atoms with Crippen LogP contribution in [0.15, 0.2) is 81.7 Å². The number of hydrogen-bond donors (Lipinski definition) is 2. The van der Waals surface area contributed by atoms with Gasteiger partial charge in [-0.25, -0.2) is 0 Å². The van der Waals surface area contributed by atoms with Crippen molar-refractivity contribution in [3.05, 3.63) is 92.9 Å². The van der Waals surface area contributed by atoms with Crippen molar-refractivity contribution in [1.29, 1.82) is 0 Å². The summed E-state index contributed by atoms with van der Waals surface area (Å²) in [4.78, 5) is 26.5. The van der Waals surface area contributed by atoms with Gasteiger partial charge in [-0.1, -0.05) is 24.3 Å². The molecule has 0 bridgehead atoms. The molecule has 0 spiro atoms. The number of hydrogen-bond acceptors (Lipinski definition) is 6. The fourth-order valence-electron chi connectivity index (χ4n) is 5.35. The topological polar surface area (TPSA) is 95.1 Å². The van der Waals surface area contributed by atoms with Crippen LogP contribution >= 0.6 is 31.9 Å².